The standard InChI is InChI=1S/C18H21NO4/c1-12(2)23-18(21)13-6-3-4-10-19-14(13)8-9-15(19)17(20)16-7-5-11-22-16/h5,7-9,11-13H,3-4,6,10H2,1-2H3. The maximum atomic E-state index is 12.6. The smallest absolute Gasteiger partial charge is 0.315 e. The topological polar surface area (TPSA) is 61.4 Å². The molecule has 5 heteroatoms. The van der Waals surface area contributed by atoms with Crippen molar-refractivity contribution >= 4 is 11.8 Å². The van der Waals surface area contributed by atoms with Gasteiger partial charge in [-0.1, -0.05) is 6.42 Å². The molecule has 3 heterocycles. The summed E-state index contributed by atoms with van der Waals surface area (Å²) in [7, 11) is 0. The zero-order chi connectivity index (χ0) is 16.4. The van der Waals surface area contributed by atoms with Gasteiger partial charge in [-0.25, -0.2) is 0 Å². The fourth-order valence-corrected chi connectivity index (χ4v) is 3.09. The zero-order valence-corrected chi connectivity index (χ0v) is 13.5. The Bertz CT molecular complexity index is 697. The second-order valence-corrected chi connectivity index (χ2v) is 6.14. The summed E-state index contributed by atoms with van der Waals surface area (Å²) < 4.78 is 12.6. The number of esters is 1. The lowest BCUT2D eigenvalue weighted by molar-refractivity contribution is -0.149. The van der Waals surface area contributed by atoms with Crippen LogP contribution in [-0.4, -0.2) is 22.4 Å². The minimum absolute atomic E-state index is 0.140. The average Bonchev–Trinajstić information content (AvgIpc) is 3.12. The zero-order valence-electron chi connectivity index (χ0n) is 13.5. The van der Waals surface area contributed by atoms with E-state index in [9.17, 15) is 9.59 Å². The van der Waals surface area contributed by atoms with E-state index in [0.717, 1.165) is 31.5 Å². The monoisotopic (exact) mass is 315 g/mol. The number of aromatic nitrogens is 1. The van der Waals surface area contributed by atoms with E-state index < -0.39 is 0 Å². The summed E-state index contributed by atoms with van der Waals surface area (Å²) in [4.78, 5) is 25.0. The molecule has 1 atom stereocenters. The summed E-state index contributed by atoms with van der Waals surface area (Å²) in [6.07, 6.45) is 3.98. The molecular weight excluding hydrogens is 294 g/mol. The molecule has 2 aromatic rings. The van der Waals surface area contributed by atoms with Crippen LogP contribution in [0.2, 0.25) is 0 Å². The Morgan fingerprint density at radius 1 is 1.26 bits per heavy atom. The first-order valence-corrected chi connectivity index (χ1v) is 8.06. The highest BCUT2D eigenvalue weighted by molar-refractivity contribution is 6.06. The second-order valence-electron chi connectivity index (χ2n) is 6.14. The Balaban J connectivity index is 1.94. The van der Waals surface area contributed by atoms with Crippen molar-refractivity contribution in [1.82, 2.24) is 4.57 Å². The predicted octanol–water partition coefficient (Wildman–Crippen LogP) is 3.53. The summed E-state index contributed by atoms with van der Waals surface area (Å²) in [6, 6.07) is 7.00. The molecule has 2 aromatic heterocycles. The summed E-state index contributed by atoms with van der Waals surface area (Å²) in [5.74, 6) is -0.355. The van der Waals surface area contributed by atoms with Crippen molar-refractivity contribution in [2.45, 2.75) is 51.7 Å². The van der Waals surface area contributed by atoms with Crippen LogP contribution in [0.3, 0.4) is 0 Å². The van der Waals surface area contributed by atoms with Gasteiger partial charge in [-0.05, 0) is 51.0 Å². The van der Waals surface area contributed by atoms with E-state index in [1.165, 1.54) is 6.26 Å². The first-order valence-electron chi connectivity index (χ1n) is 8.06. The molecule has 0 spiro atoms. The number of hydrogen-bond donors (Lipinski definition) is 0. The number of rotatable bonds is 4. The number of fused-ring (bicyclic) bond motifs is 1. The number of ether oxygens (including phenoxy) is 1. The van der Waals surface area contributed by atoms with Crippen LogP contribution >= 0.6 is 0 Å². The van der Waals surface area contributed by atoms with Crippen molar-refractivity contribution < 1.29 is 18.7 Å². The van der Waals surface area contributed by atoms with Gasteiger partial charge in [0.05, 0.1) is 24.0 Å². The van der Waals surface area contributed by atoms with Crippen LogP contribution in [0.4, 0.5) is 0 Å². The van der Waals surface area contributed by atoms with Crippen molar-refractivity contribution in [3.63, 3.8) is 0 Å². The minimum atomic E-state index is -0.307. The van der Waals surface area contributed by atoms with Crippen LogP contribution < -0.4 is 0 Å². The van der Waals surface area contributed by atoms with E-state index in [1.807, 2.05) is 24.5 Å². The molecule has 5 nitrogen and oxygen atoms in total. The Kier molecular flexibility index (Phi) is 4.37. The third-order valence-electron chi connectivity index (χ3n) is 4.11. The lowest BCUT2D eigenvalue weighted by atomic mass is 10.00. The van der Waals surface area contributed by atoms with Gasteiger partial charge in [-0.15, -0.1) is 0 Å². The van der Waals surface area contributed by atoms with Crippen LogP contribution in [0.15, 0.2) is 34.9 Å². The Labute approximate surface area is 135 Å². The minimum Gasteiger partial charge on any atom is -0.462 e. The first kappa shape index (κ1) is 15.6. The number of hydrogen-bond acceptors (Lipinski definition) is 4. The SMILES string of the molecule is CC(C)OC(=O)C1CCCCn2c(C(=O)c3ccco3)ccc21. The van der Waals surface area contributed by atoms with Gasteiger partial charge in [0.25, 0.3) is 0 Å². The molecule has 0 fully saturated rings. The lowest BCUT2D eigenvalue weighted by Crippen LogP contribution is -2.21. The first-order chi connectivity index (χ1) is 11.1. The van der Waals surface area contributed by atoms with Crippen LogP contribution in [0.1, 0.15) is 61.0 Å². The highest BCUT2D eigenvalue weighted by atomic mass is 16.5. The number of carbonyl (C=O) groups is 2. The fourth-order valence-electron chi connectivity index (χ4n) is 3.09. The Morgan fingerprint density at radius 3 is 2.78 bits per heavy atom. The molecule has 122 valence electrons. The molecule has 3 rings (SSSR count). The van der Waals surface area contributed by atoms with Gasteiger partial charge in [-0.2, -0.15) is 0 Å². The molecule has 0 aliphatic carbocycles. The number of carbonyl (C=O) groups excluding carboxylic acids is 2. The molecule has 1 aliphatic heterocycles. The van der Waals surface area contributed by atoms with Crippen molar-refractivity contribution in [3.05, 3.63) is 47.7 Å². The third kappa shape index (κ3) is 3.09. The van der Waals surface area contributed by atoms with E-state index in [-0.39, 0.29) is 23.8 Å². The van der Waals surface area contributed by atoms with E-state index in [4.69, 9.17) is 9.15 Å². The molecule has 1 unspecified atom stereocenters. The van der Waals surface area contributed by atoms with Gasteiger partial charge >= 0.3 is 5.97 Å². The number of nitrogens with zero attached hydrogens (tertiary/aromatic N) is 1. The second kappa shape index (κ2) is 6.44. The van der Waals surface area contributed by atoms with E-state index in [0.29, 0.717) is 11.5 Å². The van der Waals surface area contributed by atoms with E-state index >= 15 is 0 Å². The fraction of sp³-hybridized carbons (Fsp3) is 0.444. The maximum Gasteiger partial charge on any atom is 0.315 e. The molecule has 1 aliphatic rings. The van der Waals surface area contributed by atoms with Crippen LogP contribution in [0, 0.1) is 0 Å². The molecular formula is C18H21NO4. The van der Waals surface area contributed by atoms with Crippen molar-refractivity contribution in [3.8, 4) is 0 Å². The Hall–Kier alpha value is -2.30. The highest BCUT2D eigenvalue weighted by Gasteiger charge is 2.30. The molecule has 0 saturated heterocycles. The molecule has 0 saturated carbocycles. The quantitative estimate of drug-likeness (QED) is 0.639. The van der Waals surface area contributed by atoms with Crippen molar-refractivity contribution in [2.75, 3.05) is 0 Å². The Morgan fingerprint density at radius 2 is 2.09 bits per heavy atom. The van der Waals surface area contributed by atoms with Crippen LogP contribution in [-0.2, 0) is 16.1 Å². The molecule has 0 radical (unpaired) electrons. The summed E-state index contributed by atoms with van der Waals surface area (Å²) in [5.41, 5.74) is 1.43. The van der Waals surface area contributed by atoms with Gasteiger partial charge in [-0.3, -0.25) is 9.59 Å². The van der Waals surface area contributed by atoms with E-state index in [1.54, 1.807) is 18.2 Å². The predicted molar refractivity (Wildman–Crippen MR) is 84.4 cm³/mol. The van der Waals surface area contributed by atoms with Crippen LogP contribution in [0.25, 0.3) is 0 Å². The number of furan rings is 1. The third-order valence-corrected chi connectivity index (χ3v) is 4.11. The maximum absolute atomic E-state index is 12.6. The molecule has 0 bridgehead atoms. The van der Waals surface area contributed by atoms with Gasteiger partial charge in [0, 0.05) is 12.2 Å². The van der Waals surface area contributed by atoms with Crippen molar-refractivity contribution in [2.24, 2.45) is 0 Å². The molecule has 0 amide bonds. The van der Waals surface area contributed by atoms with Crippen molar-refractivity contribution in [1.29, 1.82) is 0 Å². The lowest BCUT2D eigenvalue weighted by Gasteiger charge is -2.17. The van der Waals surface area contributed by atoms with Crippen LogP contribution in [0.5, 0.6) is 0 Å². The average molecular weight is 315 g/mol. The van der Waals surface area contributed by atoms with Gasteiger partial charge in [0.15, 0.2) is 5.76 Å². The highest BCUT2D eigenvalue weighted by Crippen LogP contribution is 2.31. The normalized spacial score (nSPS) is 17.6. The number of ketones is 1. The summed E-state index contributed by atoms with van der Waals surface area (Å²) in [6.45, 7) is 4.43. The molecule has 23 heavy (non-hydrogen) atoms. The summed E-state index contributed by atoms with van der Waals surface area (Å²) >= 11 is 0. The largest absolute Gasteiger partial charge is 0.462 e. The van der Waals surface area contributed by atoms with Gasteiger partial charge in [0.2, 0.25) is 5.78 Å². The molecule has 0 aromatic carbocycles. The van der Waals surface area contributed by atoms with Gasteiger partial charge in [0.1, 0.15) is 0 Å². The summed E-state index contributed by atoms with van der Waals surface area (Å²) in [5, 5.41) is 0. The molecule has 0 N–H and O–H groups in total. The van der Waals surface area contributed by atoms with E-state index in [2.05, 4.69) is 0 Å². The van der Waals surface area contributed by atoms with Gasteiger partial charge < -0.3 is 13.7 Å².